The smallest absolute Gasteiger partial charge is 0.145 e. The lowest BCUT2D eigenvalue weighted by Gasteiger charge is -2.36. The summed E-state index contributed by atoms with van der Waals surface area (Å²) >= 11 is 0. The van der Waals surface area contributed by atoms with Gasteiger partial charge >= 0.3 is 0 Å². The first-order chi connectivity index (χ1) is 7.69. The zero-order valence-electron chi connectivity index (χ0n) is 9.55. The van der Waals surface area contributed by atoms with Crippen LogP contribution in [0.25, 0.3) is 0 Å². The van der Waals surface area contributed by atoms with Crippen LogP contribution in [0.3, 0.4) is 0 Å². The van der Waals surface area contributed by atoms with Crippen molar-refractivity contribution in [3.8, 4) is 0 Å². The topological polar surface area (TPSA) is 76.3 Å². The Morgan fingerprint density at radius 1 is 1.38 bits per heavy atom. The maximum atomic E-state index is 5.67. The summed E-state index contributed by atoms with van der Waals surface area (Å²) in [6, 6.07) is 1.84. The first kappa shape index (κ1) is 11.1. The van der Waals surface area contributed by atoms with Crippen molar-refractivity contribution >= 4 is 11.6 Å². The van der Waals surface area contributed by atoms with Crippen LogP contribution in [0.15, 0.2) is 12.4 Å². The number of morpholine rings is 1. The van der Waals surface area contributed by atoms with Gasteiger partial charge in [-0.25, -0.2) is 15.8 Å². The van der Waals surface area contributed by atoms with Gasteiger partial charge in [0.05, 0.1) is 12.2 Å². The van der Waals surface area contributed by atoms with E-state index < -0.39 is 0 Å². The molecule has 2 unspecified atom stereocenters. The molecule has 0 radical (unpaired) electrons. The van der Waals surface area contributed by atoms with Crippen molar-refractivity contribution in [2.75, 3.05) is 23.4 Å². The van der Waals surface area contributed by atoms with Crippen LogP contribution in [0.4, 0.5) is 11.6 Å². The van der Waals surface area contributed by atoms with Gasteiger partial charge in [-0.2, -0.15) is 0 Å². The molecule has 1 aromatic heterocycles. The standard InChI is InChI=1S/C10H17N5O/c1-7-4-15(5-8(2)16-7)10-3-9(14-11)12-6-13-10/h3,6-8H,4-5,11H2,1-2H3,(H,12,13,14). The second kappa shape index (κ2) is 4.63. The molecule has 1 aromatic rings. The zero-order valence-corrected chi connectivity index (χ0v) is 9.55. The Balaban J connectivity index is 2.16. The van der Waals surface area contributed by atoms with Crippen LogP contribution in [0.2, 0.25) is 0 Å². The summed E-state index contributed by atoms with van der Waals surface area (Å²) in [6.45, 7) is 5.80. The molecule has 3 N–H and O–H groups in total. The number of nitrogen functional groups attached to an aromatic ring is 1. The van der Waals surface area contributed by atoms with Crippen molar-refractivity contribution in [1.82, 2.24) is 9.97 Å². The minimum absolute atomic E-state index is 0.216. The van der Waals surface area contributed by atoms with Crippen molar-refractivity contribution < 1.29 is 4.74 Å². The molecule has 88 valence electrons. The average molecular weight is 223 g/mol. The third-order valence-electron chi connectivity index (χ3n) is 2.54. The fourth-order valence-electron chi connectivity index (χ4n) is 1.96. The molecule has 16 heavy (non-hydrogen) atoms. The fourth-order valence-corrected chi connectivity index (χ4v) is 1.96. The highest BCUT2D eigenvalue weighted by Gasteiger charge is 2.23. The highest BCUT2D eigenvalue weighted by atomic mass is 16.5. The van der Waals surface area contributed by atoms with E-state index in [4.69, 9.17) is 10.6 Å². The number of hydrogen-bond acceptors (Lipinski definition) is 6. The molecule has 0 aromatic carbocycles. The van der Waals surface area contributed by atoms with Crippen LogP contribution in [0.5, 0.6) is 0 Å². The Labute approximate surface area is 94.8 Å². The van der Waals surface area contributed by atoms with Gasteiger partial charge in [0.2, 0.25) is 0 Å². The highest BCUT2D eigenvalue weighted by Crippen LogP contribution is 2.19. The number of aromatic nitrogens is 2. The molecule has 0 amide bonds. The number of rotatable bonds is 2. The molecular formula is C10H17N5O. The molecule has 0 aliphatic carbocycles. The van der Waals surface area contributed by atoms with E-state index in [1.807, 2.05) is 6.07 Å². The van der Waals surface area contributed by atoms with E-state index in [9.17, 15) is 0 Å². The number of nitrogens with zero attached hydrogens (tertiary/aromatic N) is 3. The van der Waals surface area contributed by atoms with Gasteiger partial charge in [0.1, 0.15) is 18.0 Å². The molecule has 2 heterocycles. The minimum atomic E-state index is 0.216. The van der Waals surface area contributed by atoms with E-state index in [1.54, 1.807) is 0 Å². The van der Waals surface area contributed by atoms with Crippen LogP contribution in [0, 0.1) is 0 Å². The van der Waals surface area contributed by atoms with Crippen molar-refractivity contribution in [2.24, 2.45) is 5.84 Å². The lowest BCUT2D eigenvalue weighted by molar-refractivity contribution is -0.00546. The summed E-state index contributed by atoms with van der Waals surface area (Å²) in [5.74, 6) is 6.82. The van der Waals surface area contributed by atoms with Crippen molar-refractivity contribution in [3.05, 3.63) is 12.4 Å². The average Bonchev–Trinajstić information content (AvgIpc) is 2.28. The lowest BCUT2D eigenvalue weighted by Crippen LogP contribution is -2.45. The quantitative estimate of drug-likeness (QED) is 0.557. The number of nitrogens with one attached hydrogen (secondary N) is 1. The van der Waals surface area contributed by atoms with E-state index in [2.05, 4.69) is 34.1 Å². The lowest BCUT2D eigenvalue weighted by atomic mass is 10.2. The maximum absolute atomic E-state index is 5.67. The molecule has 1 saturated heterocycles. The van der Waals surface area contributed by atoms with E-state index in [0.717, 1.165) is 18.9 Å². The normalized spacial score (nSPS) is 25.6. The van der Waals surface area contributed by atoms with Gasteiger partial charge in [-0.05, 0) is 13.8 Å². The van der Waals surface area contributed by atoms with Crippen LogP contribution >= 0.6 is 0 Å². The van der Waals surface area contributed by atoms with Gasteiger partial charge < -0.3 is 15.1 Å². The molecular weight excluding hydrogens is 206 g/mol. The molecule has 0 spiro atoms. The molecule has 2 rings (SSSR count). The zero-order chi connectivity index (χ0) is 11.5. The van der Waals surface area contributed by atoms with E-state index >= 15 is 0 Å². The first-order valence-electron chi connectivity index (χ1n) is 5.38. The van der Waals surface area contributed by atoms with Crippen LogP contribution in [0.1, 0.15) is 13.8 Å². The largest absolute Gasteiger partial charge is 0.372 e. The van der Waals surface area contributed by atoms with E-state index in [-0.39, 0.29) is 12.2 Å². The Bertz CT molecular complexity index is 349. The summed E-state index contributed by atoms with van der Waals surface area (Å²) in [6.07, 6.45) is 1.94. The fraction of sp³-hybridized carbons (Fsp3) is 0.600. The Kier molecular flexibility index (Phi) is 3.21. The summed E-state index contributed by atoms with van der Waals surface area (Å²) in [5.41, 5.74) is 2.52. The number of nitrogens with two attached hydrogens (primary N) is 1. The van der Waals surface area contributed by atoms with Gasteiger partial charge in [-0.3, -0.25) is 0 Å². The third kappa shape index (κ3) is 2.40. The van der Waals surface area contributed by atoms with E-state index in [1.165, 1.54) is 6.33 Å². The van der Waals surface area contributed by atoms with E-state index in [0.29, 0.717) is 5.82 Å². The predicted molar refractivity (Wildman–Crippen MR) is 62.1 cm³/mol. The second-order valence-corrected chi connectivity index (χ2v) is 4.07. The van der Waals surface area contributed by atoms with Crippen molar-refractivity contribution in [3.63, 3.8) is 0 Å². The molecule has 1 aliphatic heterocycles. The molecule has 2 atom stereocenters. The molecule has 6 heteroatoms. The molecule has 1 fully saturated rings. The van der Waals surface area contributed by atoms with Crippen LogP contribution in [-0.4, -0.2) is 35.3 Å². The molecule has 6 nitrogen and oxygen atoms in total. The van der Waals surface area contributed by atoms with Gasteiger partial charge in [-0.1, -0.05) is 0 Å². The molecule has 0 bridgehead atoms. The summed E-state index contributed by atoms with van der Waals surface area (Å²) in [5, 5.41) is 0. The summed E-state index contributed by atoms with van der Waals surface area (Å²) in [4.78, 5) is 10.4. The predicted octanol–water partition coefficient (Wildman–Crippen LogP) is 0.376. The first-order valence-corrected chi connectivity index (χ1v) is 5.38. The maximum Gasteiger partial charge on any atom is 0.145 e. The molecule has 1 aliphatic rings. The van der Waals surface area contributed by atoms with Crippen molar-refractivity contribution in [1.29, 1.82) is 0 Å². The Morgan fingerprint density at radius 3 is 2.69 bits per heavy atom. The Hall–Kier alpha value is -1.40. The SMILES string of the molecule is CC1CN(c2cc(NN)ncn2)CC(C)O1. The van der Waals surface area contributed by atoms with Gasteiger partial charge in [-0.15, -0.1) is 0 Å². The van der Waals surface area contributed by atoms with Gasteiger partial charge in [0.15, 0.2) is 0 Å². The Morgan fingerprint density at radius 2 is 2.06 bits per heavy atom. The second-order valence-electron chi connectivity index (χ2n) is 4.07. The van der Waals surface area contributed by atoms with Crippen molar-refractivity contribution in [2.45, 2.75) is 26.1 Å². The van der Waals surface area contributed by atoms with Crippen LogP contribution in [-0.2, 0) is 4.74 Å². The number of anilines is 2. The van der Waals surface area contributed by atoms with Crippen LogP contribution < -0.4 is 16.2 Å². The summed E-state index contributed by atoms with van der Waals surface area (Å²) in [7, 11) is 0. The van der Waals surface area contributed by atoms with Gasteiger partial charge in [0, 0.05) is 19.2 Å². The molecule has 0 saturated carbocycles. The monoisotopic (exact) mass is 223 g/mol. The minimum Gasteiger partial charge on any atom is -0.372 e. The number of ether oxygens (including phenoxy) is 1. The third-order valence-corrected chi connectivity index (χ3v) is 2.54. The number of hydrazine groups is 1. The number of hydrogen-bond donors (Lipinski definition) is 2. The summed E-state index contributed by atoms with van der Waals surface area (Å²) < 4.78 is 5.67. The highest BCUT2D eigenvalue weighted by molar-refractivity contribution is 5.48. The van der Waals surface area contributed by atoms with Gasteiger partial charge in [0.25, 0.3) is 0 Å².